The molecule has 0 aliphatic carbocycles. The summed E-state index contributed by atoms with van der Waals surface area (Å²) in [5, 5.41) is 0. The summed E-state index contributed by atoms with van der Waals surface area (Å²) >= 11 is 5.82. The summed E-state index contributed by atoms with van der Waals surface area (Å²) in [6.07, 6.45) is 5.52. The number of nitrogens with zero attached hydrogens (tertiary/aromatic N) is 2. The smallest absolute Gasteiger partial charge is 0.172 e. The Morgan fingerprint density at radius 2 is 1.85 bits per heavy atom. The van der Waals surface area contributed by atoms with Gasteiger partial charge >= 0.3 is 0 Å². The highest BCUT2D eigenvalue weighted by Crippen LogP contribution is 2.28. The molecule has 0 radical (unpaired) electrons. The van der Waals surface area contributed by atoms with Gasteiger partial charge in [0.2, 0.25) is 0 Å². The Balaban J connectivity index is 0.000000151. The number of fused-ring (bicyclic) bond motifs is 1. The Bertz CT molecular complexity index is 531. The van der Waals surface area contributed by atoms with Crippen LogP contribution in [0.3, 0.4) is 0 Å². The molecule has 2 aromatic rings. The van der Waals surface area contributed by atoms with Gasteiger partial charge in [0.15, 0.2) is 5.56 Å². The zero-order valence-corrected chi connectivity index (χ0v) is 12.5. The monoisotopic (exact) mass is 290 g/mol. The zero-order chi connectivity index (χ0) is 14.4. The van der Waals surface area contributed by atoms with Gasteiger partial charge in [-0.2, -0.15) is 0 Å². The van der Waals surface area contributed by atoms with E-state index in [2.05, 4.69) is 11.1 Å². The molecule has 0 spiro atoms. The predicted octanol–water partition coefficient (Wildman–Crippen LogP) is 3.72. The van der Waals surface area contributed by atoms with Crippen molar-refractivity contribution in [2.45, 2.75) is 18.4 Å². The number of ether oxygens (including phenoxy) is 1. The van der Waals surface area contributed by atoms with Gasteiger partial charge in [-0.1, -0.05) is 29.8 Å². The second-order valence-corrected chi connectivity index (χ2v) is 5.26. The first kappa shape index (κ1) is 14.7. The van der Waals surface area contributed by atoms with Crippen molar-refractivity contribution in [3.63, 3.8) is 0 Å². The van der Waals surface area contributed by atoms with Crippen LogP contribution in [0.4, 0.5) is 5.69 Å². The normalized spacial score (nSPS) is 16.2. The van der Waals surface area contributed by atoms with E-state index in [1.165, 1.54) is 11.3 Å². The molecule has 4 heteroatoms. The molecule has 2 heterocycles. The fourth-order valence-corrected chi connectivity index (χ4v) is 2.14. The number of rotatable bonds is 1. The van der Waals surface area contributed by atoms with E-state index in [0.717, 1.165) is 18.6 Å². The summed E-state index contributed by atoms with van der Waals surface area (Å²) in [4.78, 5) is 5.94. The van der Waals surface area contributed by atoms with Gasteiger partial charge in [0.1, 0.15) is 5.75 Å². The van der Waals surface area contributed by atoms with Gasteiger partial charge in [-0.3, -0.25) is 4.98 Å². The van der Waals surface area contributed by atoms with Crippen LogP contribution >= 0.6 is 11.6 Å². The van der Waals surface area contributed by atoms with Crippen molar-refractivity contribution in [2.75, 3.05) is 19.0 Å². The lowest BCUT2D eigenvalue weighted by Crippen LogP contribution is -2.16. The van der Waals surface area contributed by atoms with Crippen molar-refractivity contribution in [3.05, 3.63) is 54.4 Å². The van der Waals surface area contributed by atoms with Crippen molar-refractivity contribution in [2.24, 2.45) is 0 Å². The van der Waals surface area contributed by atoms with Crippen molar-refractivity contribution in [3.8, 4) is 5.75 Å². The first-order valence-corrected chi connectivity index (χ1v) is 7.06. The van der Waals surface area contributed by atoms with Crippen LogP contribution in [0.15, 0.2) is 48.8 Å². The van der Waals surface area contributed by atoms with Gasteiger partial charge < -0.3 is 9.64 Å². The maximum Gasteiger partial charge on any atom is 0.172 e. The van der Waals surface area contributed by atoms with Crippen LogP contribution in [0.1, 0.15) is 12.0 Å². The summed E-state index contributed by atoms with van der Waals surface area (Å²) in [5.41, 5.74) is 2.32. The minimum absolute atomic E-state index is 0.134. The summed E-state index contributed by atoms with van der Waals surface area (Å²) in [6.45, 7) is 0. The van der Waals surface area contributed by atoms with Gasteiger partial charge in [0.05, 0.1) is 0 Å². The number of anilines is 1. The molecule has 1 unspecified atom stereocenters. The molecule has 0 fully saturated rings. The van der Waals surface area contributed by atoms with E-state index >= 15 is 0 Å². The van der Waals surface area contributed by atoms with Crippen LogP contribution < -0.4 is 9.64 Å². The van der Waals surface area contributed by atoms with Gasteiger partial charge in [-0.25, -0.2) is 0 Å². The van der Waals surface area contributed by atoms with E-state index in [-0.39, 0.29) is 5.56 Å². The van der Waals surface area contributed by atoms with Crippen LogP contribution in [-0.2, 0) is 6.42 Å². The van der Waals surface area contributed by atoms with Crippen LogP contribution in [0.25, 0.3) is 0 Å². The molecule has 1 aliphatic heterocycles. The van der Waals surface area contributed by atoms with E-state index in [0.29, 0.717) is 0 Å². The Kier molecular flexibility index (Phi) is 5.24. The fraction of sp³-hybridized carbons (Fsp3) is 0.312. The third-order valence-corrected chi connectivity index (χ3v) is 3.35. The Labute approximate surface area is 125 Å². The number of halogens is 1. The zero-order valence-electron chi connectivity index (χ0n) is 11.8. The average Bonchev–Trinajstić information content (AvgIpc) is 2.48. The fourth-order valence-electron chi connectivity index (χ4n) is 1.93. The number of pyridine rings is 1. The molecule has 106 valence electrons. The highest BCUT2D eigenvalue weighted by molar-refractivity contribution is 6.19. The first-order valence-electron chi connectivity index (χ1n) is 6.63. The summed E-state index contributed by atoms with van der Waals surface area (Å²) < 4.78 is 5.40. The third-order valence-electron chi connectivity index (χ3n) is 3.05. The first-order chi connectivity index (χ1) is 9.66. The molecule has 0 N–H and O–H groups in total. The van der Waals surface area contributed by atoms with Crippen LogP contribution in [0.2, 0.25) is 0 Å². The largest absolute Gasteiger partial charge is 0.474 e. The van der Waals surface area contributed by atoms with Crippen molar-refractivity contribution in [1.29, 1.82) is 0 Å². The number of alkyl halides is 1. The lowest BCUT2D eigenvalue weighted by atomic mass is 10.1. The van der Waals surface area contributed by atoms with Gasteiger partial charge in [-0.15, -0.1) is 0 Å². The minimum Gasteiger partial charge on any atom is -0.474 e. The average molecular weight is 291 g/mol. The Hall–Kier alpha value is -1.74. The Morgan fingerprint density at radius 1 is 1.15 bits per heavy atom. The number of hydrogen-bond donors (Lipinski definition) is 0. The SMILES string of the molecule is CN(C)c1ccncc1.ClC1CCc2ccccc2O1. The van der Waals surface area contributed by atoms with E-state index in [9.17, 15) is 0 Å². The number of hydrogen-bond acceptors (Lipinski definition) is 3. The lowest BCUT2D eigenvalue weighted by molar-refractivity contribution is 0.249. The predicted molar refractivity (Wildman–Crippen MR) is 83.6 cm³/mol. The molecule has 1 aromatic heterocycles. The highest BCUT2D eigenvalue weighted by Gasteiger charge is 2.15. The molecule has 1 atom stereocenters. The molecule has 0 bridgehead atoms. The topological polar surface area (TPSA) is 25.4 Å². The standard InChI is InChI=1S/C9H9ClO.C7H10N2/c10-9-6-5-7-3-1-2-4-8(7)11-9;1-9(2)7-3-5-8-6-4-7/h1-4,9H,5-6H2;3-6H,1-2H3. The lowest BCUT2D eigenvalue weighted by Gasteiger charge is -2.20. The maximum atomic E-state index is 5.82. The molecule has 1 aromatic carbocycles. The quantitative estimate of drug-likeness (QED) is 0.749. The molecular weight excluding hydrogens is 272 g/mol. The summed E-state index contributed by atoms with van der Waals surface area (Å²) in [7, 11) is 4.02. The van der Waals surface area contributed by atoms with E-state index < -0.39 is 0 Å². The Morgan fingerprint density at radius 3 is 2.50 bits per heavy atom. The molecule has 3 rings (SSSR count). The van der Waals surface area contributed by atoms with Gasteiger partial charge in [-0.05, 0) is 30.2 Å². The highest BCUT2D eigenvalue weighted by atomic mass is 35.5. The molecule has 1 aliphatic rings. The van der Waals surface area contributed by atoms with Gasteiger partial charge in [0, 0.05) is 38.6 Å². The number of aromatic nitrogens is 1. The van der Waals surface area contributed by atoms with Crippen LogP contribution in [0.5, 0.6) is 5.75 Å². The molecule has 20 heavy (non-hydrogen) atoms. The molecule has 3 nitrogen and oxygen atoms in total. The molecular formula is C16H19ClN2O. The van der Waals surface area contributed by atoms with E-state index in [1.54, 1.807) is 12.4 Å². The van der Waals surface area contributed by atoms with Crippen molar-refractivity contribution >= 4 is 17.3 Å². The van der Waals surface area contributed by atoms with Crippen molar-refractivity contribution in [1.82, 2.24) is 4.98 Å². The van der Waals surface area contributed by atoms with Gasteiger partial charge in [0.25, 0.3) is 0 Å². The van der Waals surface area contributed by atoms with E-state index in [4.69, 9.17) is 16.3 Å². The molecule has 0 saturated heterocycles. The number of benzene rings is 1. The number of para-hydroxylation sites is 1. The second kappa shape index (κ2) is 7.15. The maximum absolute atomic E-state index is 5.82. The van der Waals surface area contributed by atoms with E-state index in [1.807, 2.05) is 49.3 Å². The summed E-state index contributed by atoms with van der Waals surface area (Å²) in [5.74, 6) is 0.943. The second-order valence-electron chi connectivity index (χ2n) is 4.77. The minimum atomic E-state index is -0.134. The number of aryl methyl sites for hydroxylation is 1. The van der Waals surface area contributed by atoms with Crippen LogP contribution in [-0.4, -0.2) is 24.6 Å². The summed E-state index contributed by atoms with van der Waals surface area (Å²) in [6, 6.07) is 12.0. The third kappa shape index (κ3) is 4.14. The van der Waals surface area contributed by atoms with Crippen LogP contribution in [0, 0.1) is 0 Å². The van der Waals surface area contributed by atoms with Crippen molar-refractivity contribution < 1.29 is 4.74 Å². The molecule has 0 amide bonds. The molecule has 0 saturated carbocycles.